The molecule has 0 spiro atoms. The number of nitrogens with one attached hydrogen (secondary N) is 1. The fraction of sp³-hybridized carbons (Fsp3) is 0.857. The molecule has 1 N–H and O–H groups in total. The number of carbonyl (C=O) groups is 2. The van der Waals surface area contributed by atoms with E-state index >= 15 is 0 Å². The standard InChI is InChI=1S/C14H27N3O2/c1-5-7-11(2)15-13(18)10-17-9-6-8-12(17)14(19)16(3)4/h11-12H,5-10H2,1-4H3,(H,15,18). The second kappa shape index (κ2) is 7.48. The lowest BCUT2D eigenvalue weighted by atomic mass is 10.2. The molecule has 2 amide bonds. The van der Waals surface area contributed by atoms with Crippen LogP contribution >= 0.6 is 0 Å². The van der Waals surface area contributed by atoms with Crippen molar-refractivity contribution in [1.29, 1.82) is 0 Å². The van der Waals surface area contributed by atoms with E-state index in [9.17, 15) is 9.59 Å². The Hall–Kier alpha value is -1.10. The lowest BCUT2D eigenvalue weighted by Gasteiger charge is -2.26. The summed E-state index contributed by atoms with van der Waals surface area (Å²) in [5.41, 5.74) is 0. The summed E-state index contributed by atoms with van der Waals surface area (Å²) in [5, 5.41) is 2.99. The molecule has 5 heteroatoms. The Labute approximate surface area is 116 Å². The molecule has 2 atom stereocenters. The van der Waals surface area contributed by atoms with Crippen molar-refractivity contribution < 1.29 is 9.59 Å². The van der Waals surface area contributed by atoms with Crippen LogP contribution in [0.2, 0.25) is 0 Å². The molecule has 0 bridgehead atoms. The minimum absolute atomic E-state index is 0.0272. The van der Waals surface area contributed by atoms with Crippen LogP contribution < -0.4 is 5.32 Å². The van der Waals surface area contributed by atoms with E-state index in [-0.39, 0.29) is 23.9 Å². The molecule has 1 rings (SSSR count). The van der Waals surface area contributed by atoms with Crippen LogP contribution in [0.4, 0.5) is 0 Å². The molecule has 2 unspecified atom stereocenters. The van der Waals surface area contributed by atoms with Crippen molar-refractivity contribution in [2.24, 2.45) is 0 Å². The summed E-state index contributed by atoms with van der Waals surface area (Å²) in [6.45, 7) is 5.29. The minimum Gasteiger partial charge on any atom is -0.353 e. The molecule has 0 radical (unpaired) electrons. The zero-order valence-corrected chi connectivity index (χ0v) is 12.6. The Morgan fingerprint density at radius 2 is 2.11 bits per heavy atom. The molecule has 1 aliphatic rings. The van der Waals surface area contributed by atoms with Gasteiger partial charge in [0.2, 0.25) is 11.8 Å². The van der Waals surface area contributed by atoms with Gasteiger partial charge in [-0.3, -0.25) is 14.5 Å². The van der Waals surface area contributed by atoms with Crippen molar-refractivity contribution >= 4 is 11.8 Å². The maximum absolute atomic E-state index is 12.0. The highest BCUT2D eigenvalue weighted by Crippen LogP contribution is 2.18. The van der Waals surface area contributed by atoms with E-state index in [4.69, 9.17) is 0 Å². The van der Waals surface area contributed by atoms with Gasteiger partial charge < -0.3 is 10.2 Å². The third-order valence-corrected chi connectivity index (χ3v) is 3.57. The van der Waals surface area contributed by atoms with Crippen molar-refractivity contribution in [1.82, 2.24) is 15.1 Å². The quantitative estimate of drug-likeness (QED) is 0.777. The van der Waals surface area contributed by atoms with Crippen molar-refractivity contribution in [3.63, 3.8) is 0 Å². The van der Waals surface area contributed by atoms with Gasteiger partial charge in [0.15, 0.2) is 0 Å². The third-order valence-electron chi connectivity index (χ3n) is 3.57. The van der Waals surface area contributed by atoms with Gasteiger partial charge in [0.25, 0.3) is 0 Å². The zero-order valence-electron chi connectivity index (χ0n) is 12.6. The van der Waals surface area contributed by atoms with Gasteiger partial charge in [0.1, 0.15) is 0 Å². The highest BCUT2D eigenvalue weighted by atomic mass is 16.2. The fourth-order valence-electron chi connectivity index (χ4n) is 2.60. The van der Waals surface area contributed by atoms with Gasteiger partial charge >= 0.3 is 0 Å². The highest BCUT2D eigenvalue weighted by molar-refractivity contribution is 5.83. The Kier molecular flexibility index (Phi) is 6.28. The van der Waals surface area contributed by atoms with E-state index in [1.54, 1.807) is 19.0 Å². The highest BCUT2D eigenvalue weighted by Gasteiger charge is 2.32. The Balaban J connectivity index is 2.46. The number of hydrogen-bond acceptors (Lipinski definition) is 3. The summed E-state index contributed by atoms with van der Waals surface area (Å²) in [4.78, 5) is 27.6. The van der Waals surface area contributed by atoms with Gasteiger partial charge in [-0.15, -0.1) is 0 Å². The molecular formula is C14H27N3O2. The number of rotatable bonds is 6. The van der Waals surface area contributed by atoms with Crippen LogP contribution in [0, 0.1) is 0 Å². The average molecular weight is 269 g/mol. The summed E-state index contributed by atoms with van der Waals surface area (Å²) >= 11 is 0. The molecular weight excluding hydrogens is 242 g/mol. The number of hydrogen-bond donors (Lipinski definition) is 1. The Bertz CT molecular complexity index is 318. The maximum atomic E-state index is 12.0. The molecule has 1 saturated heterocycles. The lowest BCUT2D eigenvalue weighted by Crippen LogP contribution is -2.47. The molecule has 1 heterocycles. The molecule has 110 valence electrons. The number of likely N-dealkylation sites (tertiary alicyclic amines) is 1. The molecule has 1 fully saturated rings. The predicted octanol–water partition coefficient (Wildman–Crippen LogP) is 0.844. The van der Waals surface area contributed by atoms with Crippen molar-refractivity contribution in [3.8, 4) is 0 Å². The normalized spacial score (nSPS) is 21.2. The smallest absolute Gasteiger partial charge is 0.239 e. The van der Waals surface area contributed by atoms with E-state index < -0.39 is 0 Å². The third kappa shape index (κ3) is 4.82. The van der Waals surface area contributed by atoms with Crippen molar-refractivity contribution in [2.75, 3.05) is 27.2 Å². The first-order chi connectivity index (χ1) is 8.95. The summed E-state index contributed by atoms with van der Waals surface area (Å²) in [6, 6.07) is 0.0883. The van der Waals surface area contributed by atoms with Crippen LogP contribution in [0.3, 0.4) is 0 Å². The van der Waals surface area contributed by atoms with Gasteiger partial charge in [-0.25, -0.2) is 0 Å². The molecule has 1 aliphatic heterocycles. The van der Waals surface area contributed by atoms with Crippen LogP contribution in [0.5, 0.6) is 0 Å². The molecule has 5 nitrogen and oxygen atoms in total. The lowest BCUT2D eigenvalue weighted by molar-refractivity contribution is -0.134. The zero-order chi connectivity index (χ0) is 14.4. The van der Waals surface area contributed by atoms with Gasteiger partial charge in [-0.1, -0.05) is 13.3 Å². The van der Waals surface area contributed by atoms with Crippen LogP contribution in [-0.2, 0) is 9.59 Å². The first kappa shape index (κ1) is 16.0. The summed E-state index contributed by atoms with van der Waals surface area (Å²) in [6.07, 6.45) is 3.90. The van der Waals surface area contributed by atoms with Crippen LogP contribution in [0.25, 0.3) is 0 Å². The maximum Gasteiger partial charge on any atom is 0.239 e. The molecule has 0 aromatic rings. The van der Waals surface area contributed by atoms with Crippen molar-refractivity contribution in [3.05, 3.63) is 0 Å². The number of nitrogens with zero attached hydrogens (tertiary/aromatic N) is 2. The van der Waals surface area contributed by atoms with Crippen LogP contribution in [0.15, 0.2) is 0 Å². The van der Waals surface area contributed by atoms with Gasteiger partial charge in [-0.2, -0.15) is 0 Å². The topological polar surface area (TPSA) is 52.7 Å². The molecule has 0 aromatic carbocycles. The van der Waals surface area contributed by atoms with Gasteiger partial charge in [0, 0.05) is 20.1 Å². The average Bonchev–Trinajstić information content (AvgIpc) is 2.75. The molecule has 0 aromatic heterocycles. The number of likely N-dealkylation sites (N-methyl/N-ethyl adjacent to an activating group) is 1. The van der Waals surface area contributed by atoms with Crippen LogP contribution in [0.1, 0.15) is 39.5 Å². The number of carbonyl (C=O) groups excluding carboxylic acids is 2. The Morgan fingerprint density at radius 3 is 2.68 bits per heavy atom. The van der Waals surface area contributed by atoms with E-state index in [1.807, 2.05) is 11.8 Å². The predicted molar refractivity (Wildman–Crippen MR) is 75.8 cm³/mol. The van der Waals surface area contributed by atoms with Gasteiger partial charge in [0.05, 0.1) is 12.6 Å². The van der Waals surface area contributed by atoms with Crippen LogP contribution in [-0.4, -0.2) is 60.9 Å². The van der Waals surface area contributed by atoms with E-state index in [2.05, 4.69) is 12.2 Å². The summed E-state index contributed by atoms with van der Waals surface area (Å²) in [7, 11) is 3.53. The van der Waals surface area contributed by atoms with E-state index in [0.29, 0.717) is 6.54 Å². The largest absolute Gasteiger partial charge is 0.353 e. The minimum atomic E-state index is -0.123. The monoisotopic (exact) mass is 269 g/mol. The Morgan fingerprint density at radius 1 is 1.42 bits per heavy atom. The second-order valence-corrected chi connectivity index (χ2v) is 5.62. The van der Waals surface area contributed by atoms with Gasteiger partial charge in [-0.05, 0) is 32.7 Å². The van der Waals surface area contributed by atoms with E-state index in [0.717, 1.165) is 32.2 Å². The fourth-order valence-corrected chi connectivity index (χ4v) is 2.60. The number of amides is 2. The first-order valence-electron chi connectivity index (χ1n) is 7.20. The molecule has 0 saturated carbocycles. The second-order valence-electron chi connectivity index (χ2n) is 5.62. The first-order valence-corrected chi connectivity index (χ1v) is 7.20. The summed E-state index contributed by atoms with van der Waals surface area (Å²) < 4.78 is 0. The molecule has 19 heavy (non-hydrogen) atoms. The van der Waals surface area contributed by atoms with Crippen molar-refractivity contribution in [2.45, 2.75) is 51.6 Å². The SMILES string of the molecule is CCCC(C)NC(=O)CN1CCCC1C(=O)N(C)C. The summed E-state index contributed by atoms with van der Waals surface area (Å²) in [5.74, 6) is 0.131. The van der Waals surface area contributed by atoms with E-state index in [1.165, 1.54) is 0 Å². The molecule has 0 aliphatic carbocycles.